The second-order valence-electron chi connectivity index (χ2n) is 1.76. The Kier molecular flexibility index (Phi) is 1.32. The zero-order chi connectivity index (χ0) is 6.78. The Hall–Kier alpha value is -0.0500. The lowest BCUT2D eigenvalue weighted by Gasteiger charge is -2.06. The van der Waals surface area contributed by atoms with Gasteiger partial charge in [-0.1, -0.05) is 15.9 Å². The van der Waals surface area contributed by atoms with Crippen LogP contribution in [0.4, 0.5) is 0 Å². The Bertz CT molecular complexity index is 96.7. The van der Waals surface area contributed by atoms with Crippen LogP contribution in [0.3, 0.4) is 0 Å². The van der Waals surface area contributed by atoms with E-state index in [0.717, 1.165) is 0 Å². The summed E-state index contributed by atoms with van der Waals surface area (Å²) in [6.45, 7) is 3.23. The summed E-state index contributed by atoms with van der Waals surface area (Å²) in [5, 5.41) is 3.68. The third-order valence-corrected chi connectivity index (χ3v) is 0.809. The number of carbonyl (C=O) groups is 1. The monoisotopic (exact) mass is 167 g/mol. The fourth-order valence-corrected chi connectivity index (χ4v) is 0. The third-order valence-electron chi connectivity index (χ3n) is 0.485. The van der Waals surface area contributed by atoms with Crippen molar-refractivity contribution in [3.05, 3.63) is 0 Å². The first-order valence-corrected chi connectivity index (χ1v) is 2.64. The molecular weight excluding hydrogens is 160 g/mol. The Morgan fingerprint density at radius 1 is 2.00 bits per heavy atom. The zero-order valence-electron chi connectivity index (χ0n) is 5.19. The number of carboxylic acid groups (broad SMARTS) is 1. The smallest absolute Gasteiger partial charge is 0.319 e. The van der Waals surface area contributed by atoms with Crippen molar-refractivity contribution in [1.82, 2.24) is 0 Å². The summed E-state index contributed by atoms with van der Waals surface area (Å²) in [4.78, 5) is 10.4. The van der Waals surface area contributed by atoms with Crippen LogP contribution < -0.4 is 0 Å². The van der Waals surface area contributed by atoms with Gasteiger partial charge in [-0.25, -0.2) is 0 Å². The van der Waals surface area contributed by atoms with E-state index < -0.39 is 10.3 Å². The van der Waals surface area contributed by atoms with Crippen molar-refractivity contribution in [3.63, 3.8) is 0 Å². The molecule has 0 spiro atoms. The molecule has 1 N–H and O–H groups in total. The van der Waals surface area contributed by atoms with Gasteiger partial charge in [-0.2, -0.15) is 0 Å². The lowest BCUT2D eigenvalue weighted by atomic mass is 10.2. The molecule has 42 valence electrons. The minimum atomic E-state index is -0.727. The van der Waals surface area contributed by atoms with Crippen LogP contribution in [0.15, 0.2) is 0 Å². The molecule has 0 amide bonds. The second kappa shape index (κ2) is 1.82. The van der Waals surface area contributed by atoms with E-state index in [1.54, 1.807) is 13.8 Å². The molecule has 0 aromatic carbocycles. The van der Waals surface area contributed by atoms with E-state index >= 15 is 0 Å². The first-order valence-electron chi connectivity index (χ1n) is 2.26. The highest BCUT2D eigenvalue weighted by molar-refractivity contribution is 9.10. The Morgan fingerprint density at radius 2 is 2.43 bits per heavy atom. The Morgan fingerprint density at radius 3 is 2.43 bits per heavy atom. The molecule has 0 aromatic rings. The van der Waals surface area contributed by atoms with E-state index in [4.69, 9.17) is 1.43 Å². The first-order chi connectivity index (χ1) is 3.48. The number of alkyl halides is 1. The molecule has 0 unspecified atom stereocenters. The number of rotatable bonds is 1. The van der Waals surface area contributed by atoms with Crippen LogP contribution in [0.25, 0.3) is 1.43 Å². The van der Waals surface area contributed by atoms with Crippen LogP contribution in [0.5, 0.6) is 0 Å². The van der Waals surface area contributed by atoms with Crippen molar-refractivity contribution in [2.24, 2.45) is 0 Å². The van der Waals surface area contributed by atoms with Crippen molar-refractivity contribution in [1.29, 1.82) is 1.43 Å². The van der Waals surface area contributed by atoms with Crippen LogP contribution in [0.2, 0.25) is 0 Å². The molecule has 0 heterocycles. The molecule has 0 atom stereocenters. The fourth-order valence-electron chi connectivity index (χ4n) is 0. The molecule has 3 heteroatoms. The van der Waals surface area contributed by atoms with Gasteiger partial charge in [0.25, 0.3) is 1.43 Å². The van der Waals surface area contributed by atoms with Crippen LogP contribution >= 0.6 is 15.9 Å². The van der Waals surface area contributed by atoms with E-state index in [1.807, 2.05) is 0 Å². The summed E-state index contributed by atoms with van der Waals surface area (Å²) >= 11 is 3.01. The van der Waals surface area contributed by atoms with Gasteiger partial charge in [0.05, 0.1) is 0 Å². The minimum Gasteiger partial charge on any atom is -0.480 e. The van der Waals surface area contributed by atoms with Crippen LogP contribution in [0, 0.1) is 0 Å². The summed E-state index contributed by atoms with van der Waals surface area (Å²) in [6.07, 6.45) is 0. The molecule has 0 aliphatic heterocycles. The molecule has 0 fully saturated rings. The predicted octanol–water partition coefficient (Wildman–Crippen LogP) is 1.24. The summed E-state index contributed by atoms with van der Waals surface area (Å²) in [6, 6.07) is 0. The van der Waals surface area contributed by atoms with Crippen molar-refractivity contribution in [2.75, 3.05) is 0 Å². The quantitative estimate of drug-likeness (QED) is 0.598. The zero-order valence-corrected chi connectivity index (χ0v) is 5.78. The van der Waals surface area contributed by atoms with Gasteiger partial charge in [0, 0.05) is 0 Å². The van der Waals surface area contributed by atoms with Gasteiger partial charge in [-0.05, 0) is 13.8 Å². The number of hydrogen-bond acceptors (Lipinski definition) is 2. The molecule has 0 radical (unpaired) electrons. The van der Waals surface area contributed by atoms with Gasteiger partial charge < -0.3 is 5.11 Å². The summed E-state index contributed by atoms with van der Waals surface area (Å²) in [7, 11) is 0. The summed E-state index contributed by atoms with van der Waals surface area (Å²) in [5.41, 5.74) is 0. The van der Waals surface area contributed by atoms with Crippen LogP contribution in [-0.4, -0.2) is 15.4 Å². The van der Waals surface area contributed by atoms with Gasteiger partial charge >= 0.3 is 5.97 Å². The summed E-state index contributed by atoms with van der Waals surface area (Å²) < 4.78 is 5.46. The van der Waals surface area contributed by atoms with Gasteiger partial charge in [0.15, 0.2) is 0 Å². The molecule has 0 saturated heterocycles. The van der Waals surface area contributed by atoms with Crippen molar-refractivity contribution >= 4 is 21.9 Å². The van der Waals surface area contributed by atoms with Gasteiger partial charge in [0.1, 0.15) is 4.32 Å². The summed E-state index contributed by atoms with van der Waals surface area (Å²) in [5.74, 6) is -0.586. The first kappa shape index (κ1) is 5.09. The molecule has 0 rings (SSSR count). The maximum absolute atomic E-state index is 10.4. The molecule has 0 aromatic heterocycles. The maximum atomic E-state index is 10.4. The second-order valence-corrected chi connectivity index (χ2v) is 3.74. The lowest BCUT2D eigenvalue weighted by molar-refractivity contribution is -0.138. The van der Waals surface area contributed by atoms with Crippen LogP contribution in [-0.2, 0) is 4.79 Å². The largest absolute Gasteiger partial charge is 0.480 e. The van der Waals surface area contributed by atoms with Gasteiger partial charge in [-0.15, -0.1) is 0 Å². The Balaban J connectivity index is 3.82. The minimum absolute atomic E-state index is 0.586. The average molecular weight is 168 g/mol. The number of carboxylic acids is 1. The van der Waals surface area contributed by atoms with E-state index in [9.17, 15) is 4.79 Å². The number of aliphatic carboxylic acids is 1. The highest BCUT2D eigenvalue weighted by Gasteiger charge is 2.21. The molecule has 2 nitrogen and oxygen atoms in total. The Labute approximate surface area is 52.1 Å². The standard InChI is InChI=1S/C4H7BrO2/c1-4(2,5)3(6)7/h1-2H3,(H,6,7)/i/hD. The van der Waals surface area contributed by atoms with Crippen LogP contribution in [0.1, 0.15) is 13.8 Å². The molecule has 0 saturated carbocycles. The topological polar surface area (TPSA) is 37.3 Å². The van der Waals surface area contributed by atoms with Gasteiger partial charge in [-0.3, -0.25) is 4.79 Å². The van der Waals surface area contributed by atoms with Crippen molar-refractivity contribution in [3.8, 4) is 0 Å². The van der Waals surface area contributed by atoms with Gasteiger partial charge in [0.2, 0.25) is 0 Å². The predicted molar refractivity (Wildman–Crippen MR) is 30.6 cm³/mol. The molecule has 0 aliphatic rings. The fraction of sp³-hybridized carbons (Fsp3) is 0.750. The lowest BCUT2D eigenvalue weighted by Crippen LogP contribution is -2.22. The average Bonchev–Trinajstić information content (AvgIpc) is 1.62. The van der Waals surface area contributed by atoms with Crippen molar-refractivity contribution in [2.45, 2.75) is 18.2 Å². The highest BCUT2D eigenvalue weighted by atomic mass is 79.9. The van der Waals surface area contributed by atoms with E-state index in [0.29, 0.717) is 0 Å². The maximum Gasteiger partial charge on any atom is 0.319 e. The van der Waals surface area contributed by atoms with E-state index in [1.165, 1.54) is 0 Å². The van der Waals surface area contributed by atoms with E-state index in [-0.39, 0.29) is 0 Å². The van der Waals surface area contributed by atoms with E-state index in [2.05, 4.69) is 21.0 Å². The normalized spacial score (nSPS) is 12.7. The number of hydrogen-bond donors (Lipinski definition) is 1. The SMILES string of the molecule is [2H]OC(=O)C(C)(C)Br. The highest BCUT2D eigenvalue weighted by Crippen LogP contribution is 2.14. The number of halogens is 1. The third kappa shape index (κ3) is 2.62. The molecule has 7 heavy (non-hydrogen) atoms. The molecular formula is C4H7BrO2. The molecule has 0 bridgehead atoms. The molecule has 0 aliphatic carbocycles. The van der Waals surface area contributed by atoms with Crippen molar-refractivity contribution < 1.29 is 9.90 Å².